The lowest BCUT2D eigenvalue weighted by Gasteiger charge is -2.22. The maximum atomic E-state index is 12.9. The van der Waals surface area contributed by atoms with Crippen LogP contribution in [0.25, 0.3) is 10.6 Å². The van der Waals surface area contributed by atoms with Gasteiger partial charge in [0.2, 0.25) is 5.91 Å². The normalized spacial score (nSPS) is 16.2. The van der Waals surface area contributed by atoms with E-state index in [0.717, 1.165) is 10.4 Å². The van der Waals surface area contributed by atoms with Crippen molar-refractivity contribution in [2.75, 3.05) is 4.90 Å². The molecule has 0 bridgehead atoms. The molecular weight excluding hydrogens is 326 g/mol. The third kappa shape index (κ3) is 2.30. The lowest BCUT2D eigenvalue weighted by molar-refractivity contribution is -0.119. The number of fused-ring (bicyclic) bond motifs is 1. The molecule has 4 rings (SSSR count). The Hall–Kier alpha value is -2.93. The van der Waals surface area contributed by atoms with Crippen LogP contribution in [0.15, 0.2) is 52.4 Å². The number of nitrogens with zero attached hydrogens (tertiary/aromatic N) is 2. The van der Waals surface area contributed by atoms with Crippen molar-refractivity contribution in [1.29, 1.82) is 0 Å². The van der Waals surface area contributed by atoms with Crippen LogP contribution in [0.3, 0.4) is 0 Å². The van der Waals surface area contributed by atoms with Gasteiger partial charge in [-0.25, -0.2) is 0 Å². The minimum absolute atomic E-state index is 0.154. The van der Waals surface area contributed by atoms with Crippen LogP contribution in [0.2, 0.25) is 0 Å². The van der Waals surface area contributed by atoms with Crippen molar-refractivity contribution in [3.05, 3.63) is 59.1 Å². The van der Waals surface area contributed by atoms with E-state index < -0.39 is 17.9 Å². The summed E-state index contributed by atoms with van der Waals surface area (Å²) in [5.74, 6) is -0.409. The second-order valence-corrected chi connectivity index (χ2v) is 6.43. The average Bonchev–Trinajstić information content (AvgIpc) is 3.31. The number of anilines is 1. The molecule has 24 heavy (non-hydrogen) atoms. The van der Waals surface area contributed by atoms with Crippen molar-refractivity contribution >= 4 is 28.8 Å². The molecule has 2 aromatic heterocycles. The average molecular weight is 339 g/mol. The third-order valence-corrected chi connectivity index (χ3v) is 4.90. The van der Waals surface area contributed by atoms with Gasteiger partial charge in [-0.1, -0.05) is 29.4 Å². The molecule has 1 atom stereocenters. The zero-order valence-electron chi connectivity index (χ0n) is 12.5. The van der Waals surface area contributed by atoms with Crippen molar-refractivity contribution in [2.24, 2.45) is 5.73 Å². The lowest BCUT2D eigenvalue weighted by Crippen LogP contribution is -2.46. The molecule has 0 saturated carbocycles. The molecule has 0 spiro atoms. The fourth-order valence-electron chi connectivity index (χ4n) is 2.90. The maximum Gasteiger partial charge on any atom is 0.281 e. The van der Waals surface area contributed by atoms with Crippen LogP contribution >= 0.6 is 11.3 Å². The van der Waals surface area contributed by atoms with E-state index in [0.29, 0.717) is 17.9 Å². The molecule has 1 aliphatic heterocycles. The van der Waals surface area contributed by atoms with Gasteiger partial charge >= 0.3 is 0 Å². The molecule has 0 fully saturated rings. The highest BCUT2D eigenvalue weighted by Crippen LogP contribution is 2.34. The number of amides is 2. The van der Waals surface area contributed by atoms with Crippen LogP contribution in [0.5, 0.6) is 0 Å². The predicted molar refractivity (Wildman–Crippen MR) is 89.8 cm³/mol. The Morgan fingerprint density at radius 2 is 2.08 bits per heavy atom. The van der Waals surface area contributed by atoms with Crippen molar-refractivity contribution in [3.8, 4) is 10.6 Å². The van der Waals surface area contributed by atoms with Crippen LogP contribution < -0.4 is 10.6 Å². The van der Waals surface area contributed by atoms with E-state index >= 15 is 0 Å². The van der Waals surface area contributed by atoms with Gasteiger partial charge in [-0.3, -0.25) is 14.5 Å². The Balaban J connectivity index is 1.71. The summed E-state index contributed by atoms with van der Waals surface area (Å²) in [5, 5.41) is 5.79. The zero-order chi connectivity index (χ0) is 16.7. The summed E-state index contributed by atoms with van der Waals surface area (Å²) in [6.45, 7) is 0. The fraction of sp³-hybridized carbons (Fsp3) is 0.118. The molecule has 6 nitrogen and oxygen atoms in total. The number of hydrogen-bond donors (Lipinski definition) is 1. The van der Waals surface area contributed by atoms with Crippen molar-refractivity contribution in [1.82, 2.24) is 5.16 Å². The Kier molecular flexibility index (Phi) is 3.42. The van der Waals surface area contributed by atoms with Gasteiger partial charge in [-0.2, -0.15) is 0 Å². The maximum absolute atomic E-state index is 12.9. The molecule has 0 saturated heterocycles. The molecule has 7 heteroatoms. The minimum Gasteiger partial charge on any atom is -0.368 e. The second-order valence-electron chi connectivity index (χ2n) is 5.48. The number of carbonyl (C=O) groups is 2. The van der Waals surface area contributed by atoms with Crippen LogP contribution in [0, 0.1) is 0 Å². The Morgan fingerprint density at radius 3 is 2.83 bits per heavy atom. The molecular formula is C17H13N3O3S. The summed E-state index contributed by atoms with van der Waals surface area (Å²) in [5.41, 5.74) is 7.25. The fourth-order valence-corrected chi connectivity index (χ4v) is 3.57. The van der Waals surface area contributed by atoms with Crippen LogP contribution in [0.4, 0.5) is 5.69 Å². The molecule has 3 heterocycles. The molecule has 0 radical (unpaired) electrons. The van der Waals surface area contributed by atoms with Gasteiger partial charge < -0.3 is 10.3 Å². The number of carbonyl (C=O) groups excluding carboxylic acids is 2. The van der Waals surface area contributed by atoms with E-state index in [1.807, 2.05) is 35.7 Å². The van der Waals surface area contributed by atoms with Gasteiger partial charge in [0.05, 0.1) is 4.88 Å². The highest BCUT2D eigenvalue weighted by Gasteiger charge is 2.38. The number of aromatic nitrogens is 1. The van der Waals surface area contributed by atoms with E-state index in [-0.39, 0.29) is 5.69 Å². The third-order valence-electron chi connectivity index (χ3n) is 4.02. The SMILES string of the molecule is NC(=O)[C@@H]1Cc2ccccc2N1C(=O)c1cc(-c2cccs2)on1. The Bertz CT molecular complexity index is 917. The first-order valence-corrected chi connectivity index (χ1v) is 8.24. The molecule has 0 aliphatic carbocycles. The van der Waals surface area contributed by atoms with E-state index in [1.54, 1.807) is 12.1 Å². The summed E-state index contributed by atoms with van der Waals surface area (Å²) < 4.78 is 5.27. The predicted octanol–water partition coefficient (Wildman–Crippen LogP) is 2.46. The number of hydrogen-bond acceptors (Lipinski definition) is 5. The molecule has 2 N–H and O–H groups in total. The summed E-state index contributed by atoms with van der Waals surface area (Å²) >= 11 is 1.49. The zero-order valence-corrected chi connectivity index (χ0v) is 13.3. The minimum atomic E-state index is -0.711. The van der Waals surface area contributed by atoms with Crippen LogP contribution in [-0.2, 0) is 11.2 Å². The summed E-state index contributed by atoms with van der Waals surface area (Å²) in [4.78, 5) is 27.0. The Labute approximate surface area is 141 Å². The quantitative estimate of drug-likeness (QED) is 0.794. The highest BCUT2D eigenvalue weighted by atomic mass is 32.1. The summed E-state index contributed by atoms with van der Waals surface area (Å²) in [6.07, 6.45) is 0.410. The molecule has 0 unspecified atom stereocenters. The molecule has 1 aliphatic rings. The number of nitrogens with two attached hydrogens (primary N) is 1. The smallest absolute Gasteiger partial charge is 0.281 e. The number of rotatable bonds is 3. The largest absolute Gasteiger partial charge is 0.368 e. The van der Waals surface area contributed by atoms with Gasteiger partial charge in [0.1, 0.15) is 6.04 Å². The number of benzene rings is 1. The van der Waals surface area contributed by atoms with Crippen molar-refractivity contribution < 1.29 is 14.1 Å². The topological polar surface area (TPSA) is 89.4 Å². The molecule has 1 aromatic carbocycles. The summed E-state index contributed by atoms with van der Waals surface area (Å²) in [7, 11) is 0. The van der Waals surface area contributed by atoms with E-state index in [2.05, 4.69) is 5.16 Å². The van der Waals surface area contributed by atoms with Crippen molar-refractivity contribution in [3.63, 3.8) is 0 Å². The number of primary amides is 1. The van der Waals surface area contributed by atoms with Gasteiger partial charge in [-0.05, 0) is 23.1 Å². The van der Waals surface area contributed by atoms with E-state index in [4.69, 9.17) is 10.3 Å². The van der Waals surface area contributed by atoms with E-state index in [1.165, 1.54) is 16.2 Å². The summed E-state index contributed by atoms with van der Waals surface area (Å²) in [6, 6.07) is 12.0. The Morgan fingerprint density at radius 1 is 1.25 bits per heavy atom. The number of thiophene rings is 1. The monoisotopic (exact) mass is 339 g/mol. The first kappa shape index (κ1) is 14.6. The standard InChI is InChI=1S/C17H13N3O3S/c18-16(21)13-8-10-4-1-2-5-12(10)20(13)17(22)11-9-14(23-19-11)15-6-3-7-24-15/h1-7,9,13H,8H2,(H2,18,21)/t13-/m0/s1. The van der Waals surface area contributed by atoms with Gasteiger partial charge in [0.15, 0.2) is 11.5 Å². The van der Waals surface area contributed by atoms with E-state index in [9.17, 15) is 9.59 Å². The first-order valence-electron chi connectivity index (χ1n) is 7.36. The molecule has 2 amide bonds. The highest BCUT2D eigenvalue weighted by molar-refractivity contribution is 7.13. The van der Waals surface area contributed by atoms with Crippen LogP contribution in [-0.4, -0.2) is 23.0 Å². The van der Waals surface area contributed by atoms with Crippen LogP contribution in [0.1, 0.15) is 16.1 Å². The number of para-hydroxylation sites is 1. The van der Waals surface area contributed by atoms with Gasteiger partial charge in [-0.15, -0.1) is 11.3 Å². The first-order chi connectivity index (χ1) is 11.6. The van der Waals surface area contributed by atoms with Crippen molar-refractivity contribution in [2.45, 2.75) is 12.5 Å². The second kappa shape index (κ2) is 5.61. The lowest BCUT2D eigenvalue weighted by atomic mass is 10.1. The molecule has 3 aromatic rings. The molecule has 120 valence electrons. The van der Waals surface area contributed by atoms with Gasteiger partial charge in [0.25, 0.3) is 5.91 Å². The van der Waals surface area contributed by atoms with Gasteiger partial charge in [0, 0.05) is 18.2 Å².